The molecule has 25 heavy (non-hydrogen) atoms. The van der Waals surface area contributed by atoms with Gasteiger partial charge in [-0.3, -0.25) is 9.58 Å². The monoisotopic (exact) mass is 355 g/mol. The standard InChI is InChI=1S/C20H22ClN3O/c21-17-9-7-16(8-10-17)15-24-19-6-2-1-5-18(19)20(22-24)25-14-13-23-11-3-4-12-23/h1-2,5-10H,3-4,11-15H2. The number of hydrogen-bond acceptors (Lipinski definition) is 3. The number of fused-ring (bicyclic) bond motifs is 1. The van der Waals surface area contributed by atoms with E-state index in [4.69, 9.17) is 21.4 Å². The van der Waals surface area contributed by atoms with E-state index in [1.807, 2.05) is 41.1 Å². The highest BCUT2D eigenvalue weighted by Gasteiger charge is 2.14. The fourth-order valence-corrected chi connectivity index (χ4v) is 3.49. The average molecular weight is 356 g/mol. The number of halogens is 1. The van der Waals surface area contributed by atoms with E-state index in [1.165, 1.54) is 31.5 Å². The molecule has 1 fully saturated rings. The van der Waals surface area contributed by atoms with Gasteiger partial charge in [-0.05, 0) is 55.8 Å². The van der Waals surface area contributed by atoms with Gasteiger partial charge in [0.1, 0.15) is 6.61 Å². The summed E-state index contributed by atoms with van der Waals surface area (Å²) in [5.74, 6) is 0.726. The summed E-state index contributed by atoms with van der Waals surface area (Å²) in [5, 5.41) is 6.53. The van der Waals surface area contributed by atoms with E-state index < -0.39 is 0 Å². The Morgan fingerprint density at radius 3 is 2.56 bits per heavy atom. The van der Waals surface area contributed by atoms with Crippen molar-refractivity contribution in [3.05, 3.63) is 59.1 Å². The van der Waals surface area contributed by atoms with Gasteiger partial charge in [-0.1, -0.05) is 35.9 Å². The lowest BCUT2D eigenvalue weighted by Crippen LogP contribution is -2.25. The van der Waals surface area contributed by atoms with Crippen molar-refractivity contribution in [3.8, 4) is 5.88 Å². The van der Waals surface area contributed by atoms with Crippen molar-refractivity contribution >= 4 is 22.5 Å². The van der Waals surface area contributed by atoms with Crippen LogP contribution in [0.5, 0.6) is 5.88 Å². The zero-order chi connectivity index (χ0) is 17.1. The number of likely N-dealkylation sites (tertiary alicyclic amines) is 1. The highest BCUT2D eigenvalue weighted by molar-refractivity contribution is 6.30. The van der Waals surface area contributed by atoms with Gasteiger partial charge in [0.05, 0.1) is 17.4 Å². The zero-order valence-electron chi connectivity index (χ0n) is 14.2. The Kier molecular flexibility index (Phi) is 4.90. The smallest absolute Gasteiger partial charge is 0.240 e. The second-order valence-electron chi connectivity index (χ2n) is 6.50. The van der Waals surface area contributed by atoms with Crippen LogP contribution in [-0.4, -0.2) is 40.9 Å². The maximum atomic E-state index is 6.02. The molecule has 4 nitrogen and oxygen atoms in total. The van der Waals surface area contributed by atoms with Crippen LogP contribution in [-0.2, 0) is 6.54 Å². The summed E-state index contributed by atoms with van der Waals surface area (Å²) in [6, 6.07) is 16.1. The molecule has 0 amide bonds. The van der Waals surface area contributed by atoms with E-state index in [1.54, 1.807) is 0 Å². The van der Waals surface area contributed by atoms with Crippen molar-refractivity contribution in [2.75, 3.05) is 26.2 Å². The van der Waals surface area contributed by atoms with Crippen molar-refractivity contribution in [1.29, 1.82) is 0 Å². The summed E-state index contributed by atoms with van der Waals surface area (Å²) in [6.45, 7) is 4.73. The number of hydrogen-bond donors (Lipinski definition) is 0. The second kappa shape index (κ2) is 7.46. The molecule has 5 heteroatoms. The largest absolute Gasteiger partial charge is 0.475 e. The molecule has 0 saturated carbocycles. The summed E-state index contributed by atoms with van der Waals surface area (Å²) >= 11 is 5.98. The van der Waals surface area contributed by atoms with E-state index in [-0.39, 0.29) is 0 Å². The fraction of sp³-hybridized carbons (Fsp3) is 0.350. The molecule has 1 saturated heterocycles. The number of rotatable bonds is 6. The van der Waals surface area contributed by atoms with Crippen LogP contribution < -0.4 is 4.74 Å². The molecule has 130 valence electrons. The van der Waals surface area contributed by atoms with Gasteiger partial charge >= 0.3 is 0 Å². The first-order chi connectivity index (χ1) is 12.3. The predicted molar refractivity (Wildman–Crippen MR) is 101 cm³/mol. The van der Waals surface area contributed by atoms with Crippen molar-refractivity contribution in [1.82, 2.24) is 14.7 Å². The molecule has 1 aromatic heterocycles. The van der Waals surface area contributed by atoms with E-state index in [0.29, 0.717) is 13.2 Å². The minimum absolute atomic E-state index is 0.682. The summed E-state index contributed by atoms with van der Waals surface area (Å²) in [5.41, 5.74) is 2.26. The van der Waals surface area contributed by atoms with Gasteiger partial charge in [-0.2, -0.15) is 0 Å². The maximum absolute atomic E-state index is 6.02. The lowest BCUT2D eigenvalue weighted by atomic mass is 10.2. The number of para-hydroxylation sites is 1. The van der Waals surface area contributed by atoms with E-state index in [0.717, 1.165) is 28.4 Å². The summed E-state index contributed by atoms with van der Waals surface area (Å²) < 4.78 is 8.03. The Labute approximate surface area is 153 Å². The molecular weight excluding hydrogens is 334 g/mol. The van der Waals surface area contributed by atoms with E-state index in [9.17, 15) is 0 Å². The molecule has 0 N–H and O–H groups in total. The van der Waals surface area contributed by atoms with Crippen molar-refractivity contribution in [2.45, 2.75) is 19.4 Å². The second-order valence-corrected chi connectivity index (χ2v) is 6.94. The molecule has 3 aromatic rings. The molecule has 1 aliphatic heterocycles. The Morgan fingerprint density at radius 1 is 1.00 bits per heavy atom. The number of ether oxygens (including phenoxy) is 1. The maximum Gasteiger partial charge on any atom is 0.240 e. The highest BCUT2D eigenvalue weighted by Crippen LogP contribution is 2.25. The first-order valence-electron chi connectivity index (χ1n) is 8.85. The Morgan fingerprint density at radius 2 is 1.76 bits per heavy atom. The molecule has 0 atom stereocenters. The van der Waals surface area contributed by atoms with Crippen molar-refractivity contribution < 1.29 is 4.74 Å². The molecule has 4 rings (SSSR count). The fourth-order valence-electron chi connectivity index (χ4n) is 3.36. The normalized spacial score (nSPS) is 15.1. The third kappa shape index (κ3) is 3.80. The minimum atomic E-state index is 0.682. The summed E-state index contributed by atoms with van der Waals surface area (Å²) in [7, 11) is 0. The first kappa shape index (κ1) is 16.4. The SMILES string of the molecule is Clc1ccc(Cn2nc(OCCN3CCCC3)c3ccccc32)cc1. The molecule has 0 aliphatic carbocycles. The number of benzene rings is 2. The highest BCUT2D eigenvalue weighted by atomic mass is 35.5. The molecule has 0 unspecified atom stereocenters. The van der Waals surface area contributed by atoms with Gasteiger partial charge in [0.2, 0.25) is 5.88 Å². The molecule has 1 aliphatic rings. The van der Waals surface area contributed by atoms with Gasteiger partial charge in [0, 0.05) is 11.6 Å². The zero-order valence-corrected chi connectivity index (χ0v) is 15.0. The minimum Gasteiger partial charge on any atom is -0.475 e. The van der Waals surface area contributed by atoms with Crippen LogP contribution in [0.3, 0.4) is 0 Å². The Hall–Kier alpha value is -2.04. The van der Waals surface area contributed by atoms with E-state index in [2.05, 4.69) is 17.0 Å². The number of nitrogens with zero attached hydrogens (tertiary/aromatic N) is 3. The molecule has 2 aromatic carbocycles. The summed E-state index contributed by atoms with van der Waals surface area (Å²) in [4.78, 5) is 2.45. The third-order valence-corrected chi connectivity index (χ3v) is 4.97. The van der Waals surface area contributed by atoms with Crippen molar-refractivity contribution in [2.24, 2.45) is 0 Å². The topological polar surface area (TPSA) is 30.3 Å². The molecule has 0 radical (unpaired) electrons. The first-order valence-corrected chi connectivity index (χ1v) is 9.22. The Balaban J connectivity index is 1.52. The molecular formula is C20H22ClN3O. The van der Waals surface area contributed by atoms with Crippen LogP contribution in [0.25, 0.3) is 10.9 Å². The quantitative estimate of drug-likeness (QED) is 0.663. The third-order valence-electron chi connectivity index (χ3n) is 4.71. The van der Waals surface area contributed by atoms with Gasteiger partial charge in [-0.25, -0.2) is 0 Å². The van der Waals surface area contributed by atoms with Crippen LogP contribution in [0.2, 0.25) is 5.02 Å². The van der Waals surface area contributed by atoms with Crippen LogP contribution >= 0.6 is 11.6 Å². The average Bonchev–Trinajstić information content (AvgIpc) is 3.26. The van der Waals surface area contributed by atoms with Crippen molar-refractivity contribution in [3.63, 3.8) is 0 Å². The Bertz CT molecular complexity index is 838. The van der Waals surface area contributed by atoms with Gasteiger partial charge in [0.15, 0.2) is 0 Å². The van der Waals surface area contributed by atoms with Gasteiger partial charge in [0.25, 0.3) is 0 Å². The molecule has 0 bridgehead atoms. The van der Waals surface area contributed by atoms with Crippen LogP contribution in [0, 0.1) is 0 Å². The van der Waals surface area contributed by atoms with Crippen LogP contribution in [0.15, 0.2) is 48.5 Å². The lowest BCUT2D eigenvalue weighted by molar-refractivity contribution is 0.232. The molecule has 0 spiro atoms. The van der Waals surface area contributed by atoms with E-state index >= 15 is 0 Å². The van der Waals surface area contributed by atoms with Crippen LogP contribution in [0.1, 0.15) is 18.4 Å². The lowest BCUT2D eigenvalue weighted by Gasteiger charge is -2.13. The van der Waals surface area contributed by atoms with Gasteiger partial charge in [-0.15, -0.1) is 5.10 Å². The number of aromatic nitrogens is 2. The summed E-state index contributed by atoms with van der Waals surface area (Å²) in [6.07, 6.45) is 2.61. The van der Waals surface area contributed by atoms with Crippen LogP contribution in [0.4, 0.5) is 0 Å². The van der Waals surface area contributed by atoms with Gasteiger partial charge < -0.3 is 4.74 Å². The molecule has 2 heterocycles. The predicted octanol–water partition coefficient (Wildman–Crippen LogP) is 4.21.